The van der Waals surface area contributed by atoms with Gasteiger partial charge in [0.15, 0.2) is 0 Å². The maximum Gasteiger partial charge on any atom is 0.248 e. The smallest absolute Gasteiger partial charge is 0.248 e. The Morgan fingerprint density at radius 3 is 2.70 bits per heavy atom. The summed E-state index contributed by atoms with van der Waals surface area (Å²) in [4.78, 5) is 12.4. The standard InChI is InChI=1S/C22H22ClNO3/c1-5-26-20-12-21-17(14(3)15(4)27-21)11-16(20)13(2)10-22(25)24-19-9-7-6-8-18(19)23/h6-12H,5H2,1-4H3,(H,24,25)/b13-10+. The molecule has 140 valence electrons. The largest absolute Gasteiger partial charge is 0.493 e. The van der Waals surface area contributed by atoms with Crippen molar-refractivity contribution in [3.63, 3.8) is 0 Å². The molecule has 2 aromatic carbocycles. The lowest BCUT2D eigenvalue weighted by atomic mass is 10.0. The number of carbonyl (C=O) groups is 1. The third-order valence-electron chi connectivity index (χ3n) is 4.48. The molecule has 3 aromatic rings. The number of fused-ring (bicyclic) bond motifs is 1. The van der Waals surface area contributed by atoms with Crippen LogP contribution in [0, 0.1) is 13.8 Å². The number of benzene rings is 2. The van der Waals surface area contributed by atoms with Gasteiger partial charge in [0, 0.05) is 23.1 Å². The van der Waals surface area contributed by atoms with E-state index < -0.39 is 0 Å². The van der Waals surface area contributed by atoms with Crippen LogP contribution in [0.25, 0.3) is 16.5 Å². The topological polar surface area (TPSA) is 51.5 Å². The van der Waals surface area contributed by atoms with Crippen LogP contribution in [0.1, 0.15) is 30.7 Å². The van der Waals surface area contributed by atoms with Gasteiger partial charge in [-0.05, 0) is 57.0 Å². The first kappa shape index (κ1) is 19.1. The van der Waals surface area contributed by atoms with Gasteiger partial charge >= 0.3 is 0 Å². The predicted octanol–water partition coefficient (Wildman–Crippen LogP) is 6.14. The van der Waals surface area contributed by atoms with Gasteiger partial charge in [-0.1, -0.05) is 23.7 Å². The van der Waals surface area contributed by atoms with Gasteiger partial charge in [-0.25, -0.2) is 0 Å². The van der Waals surface area contributed by atoms with Gasteiger partial charge in [-0.15, -0.1) is 0 Å². The van der Waals surface area contributed by atoms with E-state index in [1.807, 2.05) is 52.0 Å². The highest BCUT2D eigenvalue weighted by Crippen LogP contribution is 2.35. The van der Waals surface area contributed by atoms with Crippen molar-refractivity contribution < 1.29 is 13.9 Å². The minimum absolute atomic E-state index is 0.247. The first-order valence-corrected chi connectivity index (χ1v) is 9.19. The molecule has 4 nitrogen and oxygen atoms in total. The first-order valence-electron chi connectivity index (χ1n) is 8.81. The highest BCUT2D eigenvalue weighted by atomic mass is 35.5. The second-order valence-electron chi connectivity index (χ2n) is 6.36. The van der Waals surface area contributed by atoms with E-state index in [9.17, 15) is 4.79 Å². The van der Waals surface area contributed by atoms with Crippen molar-refractivity contribution in [2.75, 3.05) is 11.9 Å². The second-order valence-corrected chi connectivity index (χ2v) is 6.76. The lowest BCUT2D eigenvalue weighted by molar-refractivity contribution is -0.111. The maximum absolute atomic E-state index is 12.4. The molecule has 1 aromatic heterocycles. The summed E-state index contributed by atoms with van der Waals surface area (Å²) < 4.78 is 11.6. The third kappa shape index (κ3) is 4.01. The molecule has 1 amide bonds. The van der Waals surface area contributed by atoms with Crippen LogP contribution in [0.15, 0.2) is 46.9 Å². The number of nitrogens with one attached hydrogen (secondary N) is 1. The van der Waals surface area contributed by atoms with E-state index in [0.29, 0.717) is 23.1 Å². The zero-order valence-electron chi connectivity index (χ0n) is 15.9. The quantitative estimate of drug-likeness (QED) is 0.538. The van der Waals surface area contributed by atoms with E-state index in [4.69, 9.17) is 20.8 Å². The molecule has 0 saturated carbocycles. The Hall–Kier alpha value is -2.72. The number of anilines is 1. The highest BCUT2D eigenvalue weighted by Gasteiger charge is 2.15. The van der Waals surface area contributed by atoms with Gasteiger partial charge in [0.1, 0.15) is 17.1 Å². The van der Waals surface area contributed by atoms with Gasteiger partial charge in [0.05, 0.1) is 17.3 Å². The van der Waals surface area contributed by atoms with Crippen LogP contribution < -0.4 is 10.1 Å². The molecular formula is C22H22ClNO3. The summed E-state index contributed by atoms with van der Waals surface area (Å²) in [6.45, 7) is 8.30. The maximum atomic E-state index is 12.4. The van der Waals surface area contributed by atoms with Crippen LogP contribution in [-0.4, -0.2) is 12.5 Å². The number of aryl methyl sites for hydroxylation is 2. The zero-order valence-corrected chi connectivity index (χ0v) is 16.6. The van der Waals surface area contributed by atoms with Crippen LogP contribution in [0.3, 0.4) is 0 Å². The number of hydrogen-bond donors (Lipinski definition) is 1. The van der Waals surface area contributed by atoms with Crippen molar-refractivity contribution in [1.29, 1.82) is 0 Å². The van der Waals surface area contributed by atoms with Gasteiger partial charge in [0.2, 0.25) is 5.91 Å². The Morgan fingerprint density at radius 2 is 2.00 bits per heavy atom. The summed E-state index contributed by atoms with van der Waals surface area (Å²) in [7, 11) is 0. The van der Waals surface area contributed by atoms with E-state index in [1.165, 1.54) is 0 Å². The summed E-state index contributed by atoms with van der Waals surface area (Å²) in [5.74, 6) is 1.32. The molecule has 0 atom stereocenters. The Kier molecular flexibility index (Phi) is 5.57. The molecule has 0 bridgehead atoms. The molecule has 0 saturated heterocycles. The Labute approximate surface area is 163 Å². The molecule has 1 N–H and O–H groups in total. The lowest BCUT2D eigenvalue weighted by Crippen LogP contribution is -2.09. The van der Waals surface area contributed by atoms with E-state index >= 15 is 0 Å². The lowest BCUT2D eigenvalue weighted by Gasteiger charge is -2.11. The molecule has 0 aliphatic rings. The summed E-state index contributed by atoms with van der Waals surface area (Å²) in [6, 6.07) is 11.0. The van der Waals surface area contributed by atoms with Crippen LogP contribution in [-0.2, 0) is 4.79 Å². The van der Waals surface area contributed by atoms with E-state index in [2.05, 4.69) is 5.32 Å². The number of furan rings is 1. The zero-order chi connectivity index (χ0) is 19.6. The minimum Gasteiger partial charge on any atom is -0.493 e. The van der Waals surface area contributed by atoms with Crippen molar-refractivity contribution in [2.45, 2.75) is 27.7 Å². The summed E-state index contributed by atoms with van der Waals surface area (Å²) >= 11 is 6.11. The predicted molar refractivity (Wildman–Crippen MR) is 111 cm³/mol. The summed E-state index contributed by atoms with van der Waals surface area (Å²) in [6.07, 6.45) is 1.55. The molecule has 0 radical (unpaired) electrons. The van der Waals surface area contributed by atoms with Crippen LogP contribution in [0.2, 0.25) is 5.02 Å². The number of halogens is 1. The minimum atomic E-state index is -0.247. The van der Waals surface area contributed by atoms with E-state index in [-0.39, 0.29) is 5.91 Å². The Bertz CT molecular complexity index is 1030. The number of amides is 1. The van der Waals surface area contributed by atoms with Gasteiger partial charge < -0.3 is 14.5 Å². The monoisotopic (exact) mass is 383 g/mol. The van der Waals surface area contributed by atoms with Crippen molar-refractivity contribution in [2.24, 2.45) is 0 Å². The normalized spacial score (nSPS) is 11.7. The van der Waals surface area contributed by atoms with Crippen molar-refractivity contribution in [3.8, 4) is 5.75 Å². The summed E-state index contributed by atoms with van der Waals surface area (Å²) in [5, 5.41) is 4.33. The number of ether oxygens (including phenoxy) is 1. The molecule has 27 heavy (non-hydrogen) atoms. The van der Waals surface area contributed by atoms with E-state index in [1.54, 1.807) is 18.2 Å². The third-order valence-corrected chi connectivity index (χ3v) is 4.81. The molecule has 3 rings (SSSR count). The van der Waals surface area contributed by atoms with Gasteiger partial charge in [-0.3, -0.25) is 4.79 Å². The van der Waals surface area contributed by atoms with Crippen molar-refractivity contribution in [1.82, 2.24) is 0 Å². The van der Waals surface area contributed by atoms with Crippen LogP contribution >= 0.6 is 11.6 Å². The average Bonchev–Trinajstić information content (AvgIpc) is 2.90. The molecule has 0 aliphatic heterocycles. The molecule has 0 unspecified atom stereocenters. The molecule has 5 heteroatoms. The molecule has 0 fully saturated rings. The first-order chi connectivity index (χ1) is 12.9. The number of rotatable bonds is 5. The number of allylic oxidation sites excluding steroid dienone is 1. The SMILES string of the molecule is CCOc1cc2oc(C)c(C)c2cc1/C(C)=C/C(=O)Nc1ccccc1Cl. The fraction of sp³-hybridized carbons (Fsp3) is 0.227. The molecule has 1 heterocycles. The van der Waals surface area contributed by atoms with Crippen molar-refractivity contribution >= 4 is 39.7 Å². The Morgan fingerprint density at radius 1 is 1.26 bits per heavy atom. The van der Waals surface area contributed by atoms with Crippen molar-refractivity contribution in [3.05, 3.63) is 64.4 Å². The molecule has 0 aliphatic carbocycles. The number of carbonyl (C=O) groups excluding carboxylic acids is 1. The van der Waals surface area contributed by atoms with Crippen LogP contribution in [0.5, 0.6) is 5.75 Å². The van der Waals surface area contributed by atoms with Crippen LogP contribution in [0.4, 0.5) is 5.69 Å². The Balaban J connectivity index is 1.97. The second kappa shape index (κ2) is 7.89. The summed E-state index contributed by atoms with van der Waals surface area (Å²) in [5.41, 5.74) is 4.11. The van der Waals surface area contributed by atoms with Gasteiger partial charge in [0.25, 0.3) is 0 Å². The number of para-hydroxylation sites is 1. The van der Waals surface area contributed by atoms with E-state index in [0.717, 1.165) is 33.4 Å². The molecular weight excluding hydrogens is 362 g/mol. The highest BCUT2D eigenvalue weighted by molar-refractivity contribution is 6.33. The number of hydrogen-bond acceptors (Lipinski definition) is 3. The fourth-order valence-electron chi connectivity index (χ4n) is 2.96. The van der Waals surface area contributed by atoms with Gasteiger partial charge in [-0.2, -0.15) is 0 Å². The average molecular weight is 384 g/mol. The molecule has 0 spiro atoms. The fourth-order valence-corrected chi connectivity index (χ4v) is 3.14.